The first-order valence-electron chi connectivity index (χ1n) is 6.92. The van der Waals surface area contributed by atoms with Crippen LogP contribution in [-0.2, 0) is 9.84 Å². The highest BCUT2D eigenvalue weighted by Crippen LogP contribution is 2.31. The largest absolute Gasteiger partial charge is 0.355 e. The lowest BCUT2D eigenvalue weighted by Gasteiger charge is -2.25. The fraction of sp³-hybridized carbons (Fsp3) is 0.538. The summed E-state index contributed by atoms with van der Waals surface area (Å²) in [6, 6.07) is 1.98. The van der Waals surface area contributed by atoms with Crippen LogP contribution < -0.4 is 10.2 Å². The predicted molar refractivity (Wildman–Crippen MR) is 87.0 cm³/mol. The van der Waals surface area contributed by atoms with Crippen molar-refractivity contribution in [3.8, 4) is 0 Å². The third-order valence-electron chi connectivity index (χ3n) is 3.73. The van der Waals surface area contributed by atoms with Gasteiger partial charge in [-0.05, 0) is 24.8 Å². The molecule has 21 heavy (non-hydrogen) atoms. The first-order valence-corrected chi connectivity index (χ1v) is 9.62. The quantitative estimate of drug-likeness (QED) is 0.922. The van der Waals surface area contributed by atoms with Gasteiger partial charge in [-0.25, -0.2) is 13.4 Å². The summed E-state index contributed by atoms with van der Waals surface area (Å²) in [5, 5.41) is 6.10. The first-order chi connectivity index (χ1) is 10.00. The van der Waals surface area contributed by atoms with Crippen molar-refractivity contribution in [2.24, 2.45) is 0 Å². The van der Waals surface area contributed by atoms with Crippen molar-refractivity contribution in [2.75, 3.05) is 35.3 Å². The number of anilines is 2. The highest BCUT2D eigenvalue weighted by atomic mass is 32.2. The lowest BCUT2D eigenvalue weighted by atomic mass is 10.2. The highest BCUT2D eigenvalue weighted by Gasteiger charge is 2.32. The molecule has 1 aliphatic rings. The summed E-state index contributed by atoms with van der Waals surface area (Å²) >= 11 is 1.57. The smallest absolute Gasteiger partial charge is 0.226 e. The van der Waals surface area contributed by atoms with Crippen molar-refractivity contribution in [1.29, 1.82) is 0 Å². The molecule has 1 atom stereocenters. The molecule has 1 N–H and O–H groups in total. The Morgan fingerprint density at radius 1 is 1.48 bits per heavy atom. The van der Waals surface area contributed by atoms with Gasteiger partial charge in [0, 0.05) is 19.6 Å². The number of aromatic nitrogens is 2. The lowest BCUT2D eigenvalue weighted by Crippen LogP contribution is -2.33. The Morgan fingerprint density at radius 2 is 2.29 bits per heavy atom. The summed E-state index contributed by atoms with van der Waals surface area (Å²) in [5.74, 6) is 1.87. The average molecular weight is 326 g/mol. The van der Waals surface area contributed by atoms with E-state index in [4.69, 9.17) is 0 Å². The molecule has 0 saturated carbocycles. The molecule has 8 heteroatoms. The molecule has 3 heterocycles. The summed E-state index contributed by atoms with van der Waals surface area (Å²) in [4.78, 5) is 12.0. The van der Waals surface area contributed by atoms with Crippen LogP contribution in [0.3, 0.4) is 0 Å². The first kappa shape index (κ1) is 14.5. The Hall–Kier alpha value is -1.41. The second-order valence-electron chi connectivity index (χ2n) is 5.21. The molecule has 0 spiro atoms. The molecule has 2 aromatic heterocycles. The van der Waals surface area contributed by atoms with Crippen LogP contribution in [0.1, 0.15) is 13.3 Å². The fourth-order valence-corrected chi connectivity index (χ4v) is 5.13. The topological polar surface area (TPSA) is 75.2 Å². The minimum atomic E-state index is -2.91. The van der Waals surface area contributed by atoms with E-state index in [9.17, 15) is 8.42 Å². The molecule has 0 radical (unpaired) electrons. The number of sulfone groups is 1. The molecule has 0 amide bonds. The number of rotatable bonds is 4. The van der Waals surface area contributed by atoms with E-state index in [0.717, 1.165) is 22.6 Å². The summed E-state index contributed by atoms with van der Waals surface area (Å²) in [7, 11) is -0.989. The molecule has 3 rings (SSSR count). The van der Waals surface area contributed by atoms with Crippen molar-refractivity contribution in [1.82, 2.24) is 9.97 Å². The summed E-state index contributed by atoms with van der Waals surface area (Å²) in [6.45, 7) is 2.74. The van der Waals surface area contributed by atoms with Gasteiger partial charge in [-0.3, -0.25) is 0 Å². The van der Waals surface area contributed by atoms with E-state index in [2.05, 4.69) is 15.3 Å². The lowest BCUT2D eigenvalue weighted by molar-refractivity contribution is 0.600. The van der Waals surface area contributed by atoms with E-state index >= 15 is 0 Å². The van der Waals surface area contributed by atoms with Gasteiger partial charge in [0.15, 0.2) is 9.84 Å². The Kier molecular flexibility index (Phi) is 3.75. The number of fused-ring (bicyclic) bond motifs is 1. The van der Waals surface area contributed by atoms with Crippen molar-refractivity contribution in [2.45, 2.75) is 19.4 Å². The van der Waals surface area contributed by atoms with Crippen LogP contribution in [0.25, 0.3) is 10.2 Å². The minimum absolute atomic E-state index is 0.0116. The number of hydrogen-bond acceptors (Lipinski definition) is 7. The van der Waals surface area contributed by atoms with E-state index in [0.29, 0.717) is 12.4 Å². The normalized spacial score (nSPS) is 20.8. The third-order valence-corrected chi connectivity index (χ3v) is 6.29. The van der Waals surface area contributed by atoms with E-state index < -0.39 is 9.84 Å². The fourth-order valence-electron chi connectivity index (χ4n) is 2.60. The van der Waals surface area contributed by atoms with Gasteiger partial charge in [-0.1, -0.05) is 0 Å². The van der Waals surface area contributed by atoms with E-state index in [-0.39, 0.29) is 17.5 Å². The Morgan fingerprint density at radius 3 is 2.95 bits per heavy atom. The molecule has 1 fully saturated rings. The molecule has 1 aliphatic heterocycles. The summed E-state index contributed by atoms with van der Waals surface area (Å²) < 4.78 is 23.4. The molecular formula is C13H18N4O2S2. The molecule has 0 aromatic carbocycles. The molecule has 114 valence electrons. The molecular weight excluding hydrogens is 308 g/mol. The van der Waals surface area contributed by atoms with Crippen LogP contribution >= 0.6 is 11.3 Å². The predicted octanol–water partition coefficient (Wildman–Crippen LogP) is 1.75. The second kappa shape index (κ2) is 5.42. The standard InChI is InChI=1S/C13H18N4O2S2/c1-3-14-13-15-11(10-4-6-20-12(10)16-13)17(2)9-5-7-21(18,19)8-9/h4,6,9H,3,5,7-8H2,1-2H3,(H,14,15,16). The zero-order valence-electron chi connectivity index (χ0n) is 12.0. The molecule has 6 nitrogen and oxygen atoms in total. The Labute approximate surface area is 128 Å². The molecule has 0 aliphatic carbocycles. The van der Waals surface area contributed by atoms with Crippen molar-refractivity contribution >= 4 is 43.2 Å². The van der Waals surface area contributed by atoms with Gasteiger partial charge in [-0.15, -0.1) is 11.3 Å². The van der Waals surface area contributed by atoms with Crippen LogP contribution in [0.5, 0.6) is 0 Å². The summed E-state index contributed by atoms with van der Waals surface area (Å²) in [6.07, 6.45) is 0.658. The van der Waals surface area contributed by atoms with Gasteiger partial charge >= 0.3 is 0 Å². The van der Waals surface area contributed by atoms with E-state index in [1.54, 1.807) is 11.3 Å². The Bertz CT molecular complexity index is 757. The highest BCUT2D eigenvalue weighted by molar-refractivity contribution is 7.91. The van der Waals surface area contributed by atoms with Gasteiger partial charge in [-0.2, -0.15) is 4.98 Å². The molecule has 0 bridgehead atoms. The van der Waals surface area contributed by atoms with Crippen LogP contribution in [0, 0.1) is 0 Å². The zero-order chi connectivity index (χ0) is 15.0. The minimum Gasteiger partial charge on any atom is -0.355 e. The SMILES string of the molecule is CCNc1nc(N(C)C2CCS(=O)(=O)C2)c2ccsc2n1. The van der Waals surface area contributed by atoms with Crippen LogP contribution in [-0.4, -0.2) is 49.5 Å². The third kappa shape index (κ3) is 2.82. The number of nitrogens with zero attached hydrogens (tertiary/aromatic N) is 3. The van der Waals surface area contributed by atoms with E-state index in [1.165, 1.54) is 0 Å². The van der Waals surface area contributed by atoms with Crippen molar-refractivity contribution < 1.29 is 8.42 Å². The molecule has 1 saturated heterocycles. The van der Waals surface area contributed by atoms with Gasteiger partial charge in [0.1, 0.15) is 10.6 Å². The second-order valence-corrected chi connectivity index (χ2v) is 8.33. The molecule has 1 unspecified atom stereocenters. The number of nitrogens with one attached hydrogen (secondary N) is 1. The molecule has 2 aromatic rings. The van der Waals surface area contributed by atoms with Gasteiger partial charge < -0.3 is 10.2 Å². The zero-order valence-corrected chi connectivity index (χ0v) is 13.7. The number of thiophene rings is 1. The van der Waals surface area contributed by atoms with E-state index in [1.807, 2.05) is 30.3 Å². The number of hydrogen-bond donors (Lipinski definition) is 1. The van der Waals surface area contributed by atoms with Crippen LogP contribution in [0.4, 0.5) is 11.8 Å². The van der Waals surface area contributed by atoms with Crippen molar-refractivity contribution in [3.63, 3.8) is 0 Å². The summed E-state index contributed by atoms with van der Waals surface area (Å²) in [5.41, 5.74) is 0. The maximum atomic E-state index is 11.7. The van der Waals surface area contributed by atoms with Crippen LogP contribution in [0.15, 0.2) is 11.4 Å². The van der Waals surface area contributed by atoms with Gasteiger partial charge in [0.05, 0.1) is 16.9 Å². The maximum absolute atomic E-state index is 11.7. The van der Waals surface area contributed by atoms with Crippen LogP contribution in [0.2, 0.25) is 0 Å². The van der Waals surface area contributed by atoms with Gasteiger partial charge in [0.2, 0.25) is 5.95 Å². The van der Waals surface area contributed by atoms with Gasteiger partial charge in [0.25, 0.3) is 0 Å². The Balaban J connectivity index is 2.00. The average Bonchev–Trinajstić information content (AvgIpc) is 3.03. The monoisotopic (exact) mass is 326 g/mol. The maximum Gasteiger partial charge on any atom is 0.226 e. The van der Waals surface area contributed by atoms with Crippen molar-refractivity contribution in [3.05, 3.63) is 11.4 Å².